The van der Waals surface area contributed by atoms with Gasteiger partial charge >= 0.3 is 0 Å². The Morgan fingerprint density at radius 1 is 1.50 bits per heavy atom. The fourth-order valence-electron chi connectivity index (χ4n) is 2.87. The van der Waals surface area contributed by atoms with Crippen LogP contribution in [0, 0.1) is 18.3 Å². The van der Waals surface area contributed by atoms with E-state index in [9.17, 15) is 0 Å². The molecule has 1 unspecified atom stereocenters. The van der Waals surface area contributed by atoms with Crippen LogP contribution >= 0.6 is 11.6 Å². The molecule has 1 saturated heterocycles. The first kappa shape index (κ1) is 15.8. The average Bonchev–Trinajstić information content (AvgIpc) is 2.91. The van der Waals surface area contributed by atoms with Crippen molar-refractivity contribution in [3.05, 3.63) is 16.4 Å². The molecular formula is C15H26ClN3O. The summed E-state index contributed by atoms with van der Waals surface area (Å²) in [5.41, 5.74) is 2.37. The van der Waals surface area contributed by atoms with E-state index in [1.54, 1.807) is 4.68 Å². The van der Waals surface area contributed by atoms with E-state index in [1.807, 2.05) is 14.0 Å². The van der Waals surface area contributed by atoms with Crippen LogP contribution in [-0.4, -0.2) is 36.1 Å². The van der Waals surface area contributed by atoms with Gasteiger partial charge in [0.05, 0.1) is 12.3 Å². The Kier molecular flexibility index (Phi) is 5.10. The second kappa shape index (κ2) is 6.46. The number of aryl methyl sites for hydroxylation is 2. The molecule has 20 heavy (non-hydrogen) atoms. The number of ether oxygens (including phenoxy) is 1. The van der Waals surface area contributed by atoms with Crippen molar-refractivity contribution in [2.75, 3.05) is 26.3 Å². The highest BCUT2D eigenvalue weighted by Gasteiger charge is 2.36. The van der Waals surface area contributed by atoms with Gasteiger partial charge in [-0.1, -0.05) is 25.4 Å². The topological polar surface area (TPSA) is 39.1 Å². The van der Waals surface area contributed by atoms with Gasteiger partial charge in [0.25, 0.3) is 0 Å². The van der Waals surface area contributed by atoms with Crippen molar-refractivity contribution in [2.24, 2.45) is 18.4 Å². The van der Waals surface area contributed by atoms with Gasteiger partial charge < -0.3 is 10.1 Å². The van der Waals surface area contributed by atoms with Crippen molar-refractivity contribution in [3.8, 4) is 0 Å². The second-order valence-electron chi connectivity index (χ2n) is 6.48. The molecule has 0 bridgehead atoms. The molecule has 0 aromatic carbocycles. The van der Waals surface area contributed by atoms with Crippen LogP contribution in [0.2, 0.25) is 5.15 Å². The van der Waals surface area contributed by atoms with Gasteiger partial charge in [0.2, 0.25) is 0 Å². The maximum absolute atomic E-state index is 6.38. The standard InChI is InChI=1S/C15H26ClN3O/c1-11(2)8-17-9-15(5-6-20-10-15)7-13-12(3)18-19(4)14(13)16/h11,17H,5-10H2,1-4H3. The van der Waals surface area contributed by atoms with Gasteiger partial charge in [-0.05, 0) is 32.2 Å². The molecule has 1 N–H and O–H groups in total. The predicted octanol–water partition coefficient (Wildman–Crippen LogP) is 2.58. The zero-order chi connectivity index (χ0) is 14.8. The lowest BCUT2D eigenvalue weighted by Gasteiger charge is -2.28. The first-order chi connectivity index (χ1) is 9.43. The van der Waals surface area contributed by atoms with Crippen LogP contribution in [0.25, 0.3) is 0 Å². The van der Waals surface area contributed by atoms with Crippen LogP contribution in [0.15, 0.2) is 0 Å². The molecule has 0 radical (unpaired) electrons. The molecule has 2 rings (SSSR count). The van der Waals surface area contributed by atoms with E-state index in [-0.39, 0.29) is 5.41 Å². The van der Waals surface area contributed by atoms with Crippen molar-refractivity contribution >= 4 is 11.6 Å². The monoisotopic (exact) mass is 299 g/mol. The minimum absolute atomic E-state index is 0.159. The first-order valence-corrected chi connectivity index (χ1v) is 7.78. The number of aromatic nitrogens is 2. The Labute approximate surface area is 126 Å². The molecule has 1 aromatic rings. The summed E-state index contributed by atoms with van der Waals surface area (Å²) in [6.07, 6.45) is 2.03. The van der Waals surface area contributed by atoms with Crippen LogP contribution < -0.4 is 5.32 Å². The van der Waals surface area contributed by atoms with Crippen molar-refractivity contribution in [1.82, 2.24) is 15.1 Å². The van der Waals surface area contributed by atoms with Crippen molar-refractivity contribution in [2.45, 2.75) is 33.6 Å². The van der Waals surface area contributed by atoms with E-state index in [2.05, 4.69) is 24.3 Å². The molecule has 4 nitrogen and oxygen atoms in total. The highest BCUT2D eigenvalue weighted by molar-refractivity contribution is 6.30. The fraction of sp³-hybridized carbons (Fsp3) is 0.800. The zero-order valence-corrected chi connectivity index (χ0v) is 13.8. The molecule has 2 heterocycles. The Hall–Kier alpha value is -0.580. The third-order valence-electron chi connectivity index (χ3n) is 4.06. The average molecular weight is 300 g/mol. The van der Waals surface area contributed by atoms with Gasteiger partial charge in [-0.3, -0.25) is 4.68 Å². The van der Waals surface area contributed by atoms with Crippen molar-refractivity contribution in [1.29, 1.82) is 0 Å². The lowest BCUT2D eigenvalue weighted by atomic mass is 9.81. The largest absolute Gasteiger partial charge is 0.381 e. The summed E-state index contributed by atoms with van der Waals surface area (Å²) >= 11 is 6.38. The van der Waals surface area contributed by atoms with Crippen LogP contribution in [-0.2, 0) is 18.2 Å². The summed E-state index contributed by atoms with van der Waals surface area (Å²) < 4.78 is 7.43. The third-order valence-corrected chi connectivity index (χ3v) is 4.53. The summed E-state index contributed by atoms with van der Waals surface area (Å²) in [6.45, 7) is 10.2. The summed E-state index contributed by atoms with van der Waals surface area (Å²) in [6, 6.07) is 0. The number of halogens is 1. The molecule has 5 heteroatoms. The van der Waals surface area contributed by atoms with Crippen LogP contribution in [0.1, 0.15) is 31.5 Å². The molecule has 1 aliphatic heterocycles. The summed E-state index contributed by atoms with van der Waals surface area (Å²) in [4.78, 5) is 0. The Balaban J connectivity index is 2.08. The van der Waals surface area contributed by atoms with Crippen LogP contribution in [0.5, 0.6) is 0 Å². The maximum Gasteiger partial charge on any atom is 0.130 e. The molecule has 0 spiro atoms. The normalized spacial score (nSPS) is 22.9. The van der Waals surface area contributed by atoms with Crippen LogP contribution in [0.4, 0.5) is 0 Å². The lowest BCUT2D eigenvalue weighted by molar-refractivity contribution is 0.148. The fourth-order valence-corrected chi connectivity index (χ4v) is 3.11. The summed E-state index contributed by atoms with van der Waals surface area (Å²) in [5.74, 6) is 0.665. The molecule has 1 fully saturated rings. The third kappa shape index (κ3) is 3.54. The molecular weight excluding hydrogens is 274 g/mol. The quantitative estimate of drug-likeness (QED) is 0.877. The summed E-state index contributed by atoms with van der Waals surface area (Å²) in [5, 5.41) is 8.76. The minimum Gasteiger partial charge on any atom is -0.381 e. The molecule has 0 saturated carbocycles. The number of hydrogen-bond acceptors (Lipinski definition) is 3. The van der Waals surface area contributed by atoms with Crippen molar-refractivity contribution in [3.63, 3.8) is 0 Å². The molecule has 114 valence electrons. The number of nitrogens with zero attached hydrogens (tertiary/aromatic N) is 2. The molecule has 1 aliphatic rings. The number of rotatable bonds is 6. The van der Waals surface area contributed by atoms with Crippen LogP contribution in [0.3, 0.4) is 0 Å². The van der Waals surface area contributed by atoms with E-state index in [0.29, 0.717) is 5.92 Å². The van der Waals surface area contributed by atoms with E-state index in [1.165, 1.54) is 5.56 Å². The van der Waals surface area contributed by atoms with Gasteiger partial charge in [0.15, 0.2) is 0 Å². The highest BCUT2D eigenvalue weighted by Crippen LogP contribution is 2.35. The Morgan fingerprint density at radius 3 is 2.75 bits per heavy atom. The zero-order valence-electron chi connectivity index (χ0n) is 13.0. The highest BCUT2D eigenvalue weighted by atomic mass is 35.5. The van der Waals surface area contributed by atoms with Crippen molar-refractivity contribution < 1.29 is 4.74 Å². The smallest absolute Gasteiger partial charge is 0.130 e. The summed E-state index contributed by atoms with van der Waals surface area (Å²) in [7, 11) is 1.90. The predicted molar refractivity (Wildman–Crippen MR) is 82.2 cm³/mol. The lowest BCUT2D eigenvalue weighted by Crippen LogP contribution is -2.38. The molecule has 0 aliphatic carbocycles. The molecule has 1 atom stereocenters. The number of hydrogen-bond donors (Lipinski definition) is 1. The van der Waals surface area contributed by atoms with Gasteiger partial charge in [0.1, 0.15) is 5.15 Å². The first-order valence-electron chi connectivity index (χ1n) is 7.40. The van der Waals surface area contributed by atoms with Gasteiger partial charge in [-0.25, -0.2) is 0 Å². The molecule has 0 amide bonds. The Bertz CT molecular complexity index is 450. The maximum atomic E-state index is 6.38. The van der Waals surface area contributed by atoms with Gasteiger partial charge in [-0.15, -0.1) is 0 Å². The van der Waals surface area contributed by atoms with E-state index >= 15 is 0 Å². The molecule has 1 aromatic heterocycles. The van der Waals surface area contributed by atoms with Gasteiger partial charge in [0, 0.05) is 31.2 Å². The minimum atomic E-state index is 0.159. The second-order valence-corrected chi connectivity index (χ2v) is 6.84. The van der Waals surface area contributed by atoms with E-state index in [4.69, 9.17) is 16.3 Å². The van der Waals surface area contributed by atoms with E-state index in [0.717, 1.165) is 50.0 Å². The SMILES string of the molecule is Cc1nn(C)c(Cl)c1CC1(CNCC(C)C)CCOC1. The van der Waals surface area contributed by atoms with E-state index < -0.39 is 0 Å². The Morgan fingerprint density at radius 2 is 2.25 bits per heavy atom. The number of nitrogens with one attached hydrogen (secondary N) is 1. The van der Waals surface area contributed by atoms with Gasteiger partial charge in [-0.2, -0.15) is 5.10 Å².